The molecule has 1 aromatic heterocycles. The van der Waals surface area contributed by atoms with Crippen molar-refractivity contribution in [1.82, 2.24) is 0 Å². The Kier molecular flexibility index (Phi) is 3.40. The summed E-state index contributed by atoms with van der Waals surface area (Å²) in [5, 5.41) is 0. The van der Waals surface area contributed by atoms with Crippen LogP contribution in [0.15, 0.2) is 33.2 Å². The third-order valence-electron chi connectivity index (χ3n) is 2.97. The summed E-state index contributed by atoms with van der Waals surface area (Å²) in [6.45, 7) is 5.95. The normalized spacial score (nSPS) is 12.8. The lowest BCUT2D eigenvalue weighted by atomic mass is 9.99. The molecule has 17 heavy (non-hydrogen) atoms. The molecule has 1 heterocycles. The third-order valence-corrected chi connectivity index (χ3v) is 3.82. The molecule has 0 aliphatic carbocycles. The summed E-state index contributed by atoms with van der Waals surface area (Å²) in [5.74, 6) is 1.80. The molecule has 0 amide bonds. The molecule has 0 saturated carbocycles. The van der Waals surface area contributed by atoms with E-state index in [-0.39, 0.29) is 6.04 Å². The molecule has 90 valence electrons. The maximum absolute atomic E-state index is 6.27. The third kappa shape index (κ3) is 2.45. The molecule has 2 rings (SSSR count). The summed E-state index contributed by atoms with van der Waals surface area (Å²) in [7, 11) is 0. The van der Waals surface area contributed by atoms with Gasteiger partial charge in [-0.1, -0.05) is 28.1 Å². The van der Waals surface area contributed by atoms with E-state index in [0.29, 0.717) is 0 Å². The van der Waals surface area contributed by atoms with E-state index in [4.69, 9.17) is 10.2 Å². The first-order chi connectivity index (χ1) is 7.99. The molecule has 1 unspecified atom stereocenters. The van der Waals surface area contributed by atoms with E-state index in [0.717, 1.165) is 27.1 Å². The maximum atomic E-state index is 6.27. The Hall–Kier alpha value is -1.06. The zero-order valence-corrected chi connectivity index (χ0v) is 11.8. The average molecular weight is 294 g/mol. The van der Waals surface area contributed by atoms with Crippen LogP contribution in [0.25, 0.3) is 0 Å². The van der Waals surface area contributed by atoms with Gasteiger partial charge in [0.15, 0.2) is 0 Å². The lowest BCUT2D eigenvalue weighted by Gasteiger charge is -2.12. The van der Waals surface area contributed by atoms with Gasteiger partial charge < -0.3 is 10.2 Å². The van der Waals surface area contributed by atoms with Gasteiger partial charge in [0.2, 0.25) is 0 Å². The van der Waals surface area contributed by atoms with E-state index in [1.807, 2.05) is 19.9 Å². The Morgan fingerprint density at radius 2 is 1.88 bits per heavy atom. The van der Waals surface area contributed by atoms with Crippen LogP contribution < -0.4 is 5.73 Å². The highest BCUT2D eigenvalue weighted by Crippen LogP contribution is 2.28. The van der Waals surface area contributed by atoms with Gasteiger partial charge in [-0.3, -0.25) is 0 Å². The van der Waals surface area contributed by atoms with Crippen molar-refractivity contribution in [3.05, 3.63) is 56.9 Å². The van der Waals surface area contributed by atoms with Crippen LogP contribution in [-0.2, 0) is 0 Å². The number of hydrogen-bond donors (Lipinski definition) is 1. The Morgan fingerprint density at radius 3 is 2.41 bits per heavy atom. The number of hydrogen-bond acceptors (Lipinski definition) is 2. The molecule has 2 nitrogen and oxygen atoms in total. The topological polar surface area (TPSA) is 39.2 Å². The first kappa shape index (κ1) is 12.4. The second-order valence-corrected chi connectivity index (χ2v) is 5.21. The van der Waals surface area contributed by atoms with Crippen LogP contribution in [-0.4, -0.2) is 0 Å². The summed E-state index contributed by atoms with van der Waals surface area (Å²) in [4.78, 5) is 0. The van der Waals surface area contributed by atoms with Gasteiger partial charge in [-0.05, 0) is 44.0 Å². The van der Waals surface area contributed by atoms with Crippen LogP contribution >= 0.6 is 15.9 Å². The summed E-state index contributed by atoms with van der Waals surface area (Å²) < 4.78 is 6.61. The fourth-order valence-corrected chi connectivity index (χ4v) is 2.34. The first-order valence-corrected chi connectivity index (χ1v) is 6.37. The van der Waals surface area contributed by atoms with Crippen molar-refractivity contribution in [2.24, 2.45) is 5.73 Å². The SMILES string of the molecule is Cc1cc(C(N)c2ccc(C)c(Br)c2)c(C)o1. The molecule has 0 spiro atoms. The minimum Gasteiger partial charge on any atom is -0.466 e. The van der Waals surface area contributed by atoms with Crippen molar-refractivity contribution in [2.75, 3.05) is 0 Å². The number of rotatable bonds is 2. The smallest absolute Gasteiger partial charge is 0.106 e. The van der Waals surface area contributed by atoms with E-state index in [2.05, 4.69) is 41.1 Å². The number of nitrogens with two attached hydrogens (primary N) is 1. The van der Waals surface area contributed by atoms with Gasteiger partial charge in [-0.15, -0.1) is 0 Å². The molecular weight excluding hydrogens is 278 g/mol. The summed E-state index contributed by atoms with van der Waals surface area (Å²) in [5.41, 5.74) is 9.62. The number of halogens is 1. The van der Waals surface area contributed by atoms with E-state index in [9.17, 15) is 0 Å². The molecule has 0 saturated heterocycles. The molecule has 2 N–H and O–H groups in total. The summed E-state index contributed by atoms with van der Waals surface area (Å²) in [6, 6.07) is 8.08. The Balaban J connectivity index is 2.40. The zero-order valence-electron chi connectivity index (χ0n) is 10.3. The standard InChI is InChI=1S/C14H16BrNO/c1-8-4-5-11(7-13(8)15)14(16)12-6-9(2)17-10(12)3/h4-7,14H,16H2,1-3H3. The molecule has 0 aliphatic rings. The van der Waals surface area contributed by atoms with Crippen molar-refractivity contribution in [3.63, 3.8) is 0 Å². The summed E-state index contributed by atoms with van der Waals surface area (Å²) >= 11 is 3.53. The van der Waals surface area contributed by atoms with Crippen LogP contribution in [0, 0.1) is 20.8 Å². The second-order valence-electron chi connectivity index (χ2n) is 4.35. The van der Waals surface area contributed by atoms with E-state index >= 15 is 0 Å². The fourth-order valence-electron chi connectivity index (χ4n) is 1.94. The number of aryl methyl sites for hydroxylation is 3. The molecule has 1 atom stereocenters. The molecule has 0 bridgehead atoms. The first-order valence-electron chi connectivity index (χ1n) is 5.57. The number of furan rings is 1. The van der Waals surface area contributed by atoms with Crippen molar-refractivity contribution in [1.29, 1.82) is 0 Å². The highest BCUT2D eigenvalue weighted by molar-refractivity contribution is 9.10. The molecular formula is C14H16BrNO. The minimum absolute atomic E-state index is 0.135. The lowest BCUT2D eigenvalue weighted by molar-refractivity contribution is 0.499. The molecule has 1 aromatic carbocycles. The van der Waals surface area contributed by atoms with Gasteiger partial charge in [0.25, 0.3) is 0 Å². The second kappa shape index (κ2) is 4.67. The fraction of sp³-hybridized carbons (Fsp3) is 0.286. The monoisotopic (exact) mass is 293 g/mol. The van der Waals surface area contributed by atoms with Crippen molar-refractivity contribution in [3.8, 4) is 0 Å². The molecule has 0 radical (unpaired) electrons. The highest BCUT2D eigenvalue weighted by Gasteiger charge is 2.15. The highest BCUT2D eigenvalue weighted by atomic mass is 79.9. The van der Waals surface area contributed by atoms with E-state index in [1.165, 1.54) is 5.56 Å². The van der Waals surface area contributed by atoms with Gasteiger partial charge in [0, 0.05) is 10.0 Å². The van der Waals surface area contributed by atoms with Gasteiger partial charge in [0.05, 0.1) is 6.04 Å². The molecule has 0 fully saturated rings. The Bertz CT molecular complexity index is 545. The predicted molar refractivity (Wildman–Crippen MR) is 73.1 cm³/mol. The van der Waals surface area contributed by atoms with E-state index < -0.39 is 0 Å². The molecule has 0 aliphatic heterocycles. The Labute approximate surface area is 110 Å². The van der Waals surface area contributed by atoms with Gasteiger partial charge in [-0.2, -0.15) is 0 Å². The number of benzene rings is 1. The van der Waals surface area contributed by atoms with E-state index in [1.54, 1.807) is 0 Å². The van der Waals surface area contributed by atoms with Crippen molar-refractivity contribution in [2.45, 2.75) is 26.8 Å². The van der Waals surface area contributed by atoms with Crippen LogP contribution in [0.5, 0.6) is 0 Å². The quantitative estimate of drug-likeness (QED) is 0.908. The van der Waals surface area contributed by atoms with Gasteiger partial charge in [0.1, 0.15) is 11.5 Å². The van der Waals surface area contributed by atoms with Crippen molar-refractivity contribution < 1.29 is 4.42 Å². The average Bonchev–Trinajstić information content (AvgIpc) is 2.61. The molecule has 2 aromatic rings. The van der Waals surface area contributed by atoms with Gasteiger partial charge >= 0.3 is 0 Å². The predicted octanol–water partition coefficient (Wildman–Crippen LogP) is 4.02. The zero-order chi connectivity index (χ0) is 12.6. The summed E-state index contributed by atoms with van der Waals surface area (Å²) in [6.07, 6.45) is 0. The maximum Gasteiger partial charge on any atom is 0.106 e. The molecule has 3 heteroatoms. The van der Waals surface area contributed by atoms with Crippen LogP contribution in [0.4, 0.5) is 0 Å². The van der Waals surface area contributed by atoms with Crippen molar-refractivity contribution >= 4 is 15.9 Å². The minimum atomic E-state index is -0.135. The largest absolute Gasteiger partial charge is 0.466 e. The Morgan fingerprint density at radius 1 is 1.18 bits per heavy atom. The van der Waals surface area contributed by atoms with Gasteiger partial charge in [-0.25, -0.2) is 0 Å². The van der Waals surface area contributed by atoms with Crippen LogP contribution in [0.3, 0.4) is 0 Å². The van der Waals surface area contributed by atoms with Crippen LogP contribution in [0.2, 0.25) is 0 Å². The lowest BCUT2D eigenvalue weighted by Crippen LogP contribution is -2.12. The van der Waals surface area contributed by atoms with Crippen LogP contribution in [0.1, 0.15) is 34.3 Å².